The van der Waals surface area contributed by atoms with Crippen LogP contribution in [-0.4, -0.2) is 23.3 Å². The summed E-state index contributed by atoms with van der Waals surface area (Å²) in [6.45, 7) is 3.68. The fourth-order valence-corrected chi connectivity index (χ4v) is 2.71. The van der Waals surface area contributed by atoms with Crippen LogP contribution in [0.2, 0.25) is 10.3 Å². The molecule has 0 saturated carbocycles. The van der Waals surface area contributed by atoms with Gasteiger partial charge < -0.3 is 9.30 Å². The molecule has 0 aliphatic rings. The molecule has 0 fully saturated rings. The van der Waals surface area contributed by atoms with Crippen LogP contribution in [0.5, 0.6) is 5.75 Å². The number of ether oxygens (including phenoxy) is 1. The molecule has 0 bridgehead atoms. The lowest BCUT2D eigenvalue weighted by Crippen LogP contribution is -2.06. The predicted molar refractivity (Wildman–Crippen MR) is 81.9 cm³/mol. The Morgan fingerprint density at radius 1 is 1.20 bits per heavy atom. The second-order valence-corrected chi connectivity index (χ2v) is 8.57. The Hall–Kier alpha value is -1.09. The van der Waals surface area contributed by atoms with Crippen LogP contribution in [-0.2, 0) is 11.2 Å². The Morgan fingerprint density at radius 2 is 1.85 bits per heavy atom. The molecule has 0 N–H and O–H groups in total. The molecular formula is C13H13Cl2N2O2P. The zero-order valence-electron chi connectivity index (χ0n) is 11.0. The minimum Gasteiger partial charge on any atom is -0.486 e. The SMILES string of the molecule is CP(C)(=O)c1ccc(Cl)c(COc2cnc(Cl)nc2)c1. The van der Waals surface area contributed by atoms with Gasteiger partial charge in [0, 0.05) is 15.9 Å². The van der Waals surface area contributed by atoms with Crippen LogP contribution in [0.4, 0.5) is 0 Å². The second-order valence-electron chi connectivity index (χ2n) is 4.60. The number of nitrogens with zero attached hydrogens (tertiary/aromatic N) is 2. The van der Waals surface area contributed by atoms with Crippen molar-refractivity contribution in [2.75, 3.05) is 13.3 Å². The Morgan fingerprint density at radius 3 is 2.45 bits per heavy atom. The van der Waals surface area contributed by atoms with E-state index in [1.165, 1.54) is 12.4 Å². The molecule has 2 aromatic rings. The zero-order chi connectivity index (χ0) is 14.8. The third kappa shape index (κ3) is 3.95. The van der Waals surface area contributed by atoms with E-state index in [0.717, 1.165) is 10.9 Å². The highest BCUT2D eigenvalue weighted by Crippen LogP contribution is 2.35. The molecule has 0 radical (unpaired) electrons. The van der Waals surface area contributed by atoms with Crippen molar-refractivity contribution in [3.8, 4) is 5.75 Å². The molecule has 0 unspecified atom stereocenters. The van der Waals surface area contributed by atoms with Gasteiger partial charge in [0.15, 0.2) is 5.75 Å². The largest absolute Gasteiger partial charge is 0.486 e. The van der Waals surface area contributed by atoms with Gasteiger partial charge in [-0.3, -0.25) is 0 Å². The first-order chi connectivity index (χ1) is 9.36. The summed E-state index contributed by atoms with van der Waals surface area (Å²) in [5.74, 6) is 0.493. The third-order valence-corrected chi connectivity index (χ3v) is 4.73. The van der Waals surface area contributed by atoms with Gasteiger partial charge in [0.25, 0.3) is 0 Å². The average molecular weight is 331 g/mol. The maximum atomic E-state index is 12.1. The Kier molecular flexibility index (Phi) is 4.69. The van der Waals surface area contributed by atoms with E-state index in [4.69, 9.17) is 27.9 Å². The van der Waals surface area contributed by atoms with Crippen LogP contribution in [0.15, 0.2) is 30.6 Å². The molecule has 0 atom stereocenters. The number of aromatic nitrogens is 2. The van der Waals surface area contributed by atoms with Crippen LogP contribution in [0.1, 0.15) is 5.56 Å². The van der Waals surface area contributed by atoms with Gasteiger partial charge in [-0.1, -0.05) is 17.7 Å². The molecule has 20 heavy (non-hydrogen) atoms. The monoisotopic (exact) mass is 330 g/mol. The minimum absolute atomic E-state index is 0.162. The van der Waals surface area contributed by atoms with E-state index in [2.05, 4.69) is 9.97 Å². The molecule has 2 rings (SSSR count). The molecule has 1 heterocycles. The summed E-state index contributed by atoms with van der Waals surface area (Å²) in [6.07, 6.45) is 2.97. The van der Waals surface area contributed by atoms with Crippen molar-refractivity contribution in [3.05, 3.63) is 46.5 Å². The van der Waals surface area contributed by atoms with Crippen LogP contribution < -0.4 is 10.0 Å². The van der Waals surface area contributed by atoms with Crippen LogP contribution in [0, 0.1) is 0 Å². The minimum atomic E-state index is -2.32. The van der Waals surface area contributed by atoms with Gasteiger partial charge in [0.1, 0.15) is 13.7 Å². The summed E-state index contributed by atoms with van der Waals surface area (Å²) in [5, 5.41) is 1.50. The van der Waals surface area contributed by atoms with E-state index in [1.807, 2.05) is 0 Å². The second kappa shape index (κ2) is 6.13. The Labute approximate surface area is 127 Å². The molecule has 0 spiro atoms. The molecule has 4 nitrogen and oxygen atoms in total. The van der Waals surface area contributed by atoms with Crippen molar-refractivity contribution in [1.82, 2.24) is 9.97 Å². The average Bonchev–Trinajstić information content (AvgIpc) is 2.38. The van der Waals surface area contributed by atoms with E-state index in [1.54, 1.807) is 31.5 Å². The predicted octanol–water partition coefficient (Wildman–Crippen LogP) is 3.61. The molecule has 1 aromatic carbocycles. The standard InChI is InChI=1S/C13H13Cl2N2O2P/c1-20(2,18)11-3-4-12(14)9(5-11)8-19-10-6-16-13(15)17-7-10/h3-7H,8H2,1-2H3. The molecule has 7 heteroatoms. The lowest BCUT2D eigenvalue weighted by atomic mass is 10.2. The first-order valence-electron chi connectivity index (χ1n) is 5.80. The van der Waals surface area contributed by atoms with Crippen molar-refractivity contribution in [3.63, 3.8) is 0 Å². The smallest absolute Gasteiger partial charge is 0.222 e. The summed E-state index contributed by atoms with van der Waals surface area (Å²) in [7, 11) is -2.32. The van der Waals surface area contributed by atoms with Crippen LogP contribution >= 0.6 is 30.3 Å². The summed E-state index contributed by atoms with van der Waals surface area (Å²) in [4.78, 5) is 7.64. The van der Waals surface area contributed by atoms with Gasteiger partial charge in [0.05, 0.1) is 12.4 Å². The third-order valence-electron chi connectivity index (χ3n) is 2.64. The maximum absolute atomic E-state index is 12.1. The number of halogens is 2. The van der Waals surface area contributed by atoms with Gasteiger partial charge >= 0.3 is 0 Å². The van der Waals surface area contributed by atoms with Gasteiger partial charge in [-0.25, -0.2) is 9.97 Å². The molecule has 0 saturated heterocycles. The fraction of sp³-hybridized carbons (Fsp3) is 0.231. The number of hydrogen-bond acceptors (Lipinski definition) is 4. The summed E-state index contributed by atoms with van der Waals surface area (Å²) < 4.78 is 17.6. The Bertz CT molecular complexity index is 656. The lowest BCUT2D eigenvalue weighted by Gasteiger charge is -2.11. The number of hydrogen-bond donors (Lipinski definition) is 0. The highest BCUT2D eigenvalue weighted by molar-refractivity contribution is 7.70. The maximum Gasteiger partial charge on any atom is 0.222 e. The van der Waals surface area contributed by atoms with Crippen molar-refractivity contribution in [2.24, 2.45) is 0 Å². The van der Waals surface area contributed by atoms with Crippen molar-refractivity contribution in [1.29, 1.82) is 0 Å². The normalized spacial score (nSPS) is 11.4. The number of benzene rings is 1. The lowest BCUT2D eigenvalue weighted by molar-refractivity contribution is 0.304. The molecule has 0 aliphatic carbocycles. The van der Waals surface area contributed by atoms with Crippen molar-refractivity contribution < 1.29 is 9.30 Å². The zero-order valence-corrected chi connectivity index (χ0v) is 13.4. The summed E-state index contributed by atoms with van der Waals surface area (Å²) in [5.41, 5.74) is 0.767. The van der Waals surface area contributed by atoms with Gasteiger partial charge in [-0.05, 0) is 37.1 Å². The van der Waals surface area contributed by atoms with Gasteiger partial charge in [-0.2, -0.15) is 0 Å². The molecule has 0 aliphatic heterocycles. The molecule has 0 amide bonds. The first kappa shape index (κ1) is 15.3. The van der Waals surface area contributed by atoms with Crippen molar-refractivity contribution in [2.45, 2.75) is 6.61 Å². The van der Waals surface area contributed by atoms with Gasteiger partial charge in [-0.15, -0.1) is 0 Å². The van der Waals surface area contributed by atoms with E-state index in [-0.39, 0.29) is 11.9 Å². The molecular weight excluding hydrogens is 318 g/mol. The summed E-state index contributed by atoms with van der Waals surface area (Å²) in [6, 6.07) is 5.31. The van der Waals surface area contributed by atoms with E-state index < -0.39 is 7.14 Å². The van der Waals surface area contributed by atoms with Crippen LogP contribution in [0.25, 0.3) is 0 Å². The van der Waals surface area contributed by atoms with Crippen molar-refractivity contribution >= 4 is 35.6 Å². The quantitative estimate of drug-likeness (QED) is 0.634. The molecule has 1 aromatic heterocycles. The first-order valence-corrected chi connectivity index (χ1v) is 9.16. The van der Waals surface area contributed by atoms with Crippen LogP contribution in [0.3, 0.4) is 0 Å². The highest BCUT2D eigenvalue weighted by Gasteiger charge is 2.13. The number of rotatable bonds is 4. The fourth-order valence-electron chi connectivity index (χ4n) is 1.54. The van der Waals surface area contributed by atoms with Gasteiger partial charge in [0.2, 0.25) is 5.28 Å². The topological polar surface area (TPSA) is 52.1 Å². The van der Waals surface area contributed by atoms with E-state index >= 15 is 0 Å². The summed E-state index contributed by atoms with van der Waals surface area (Å²) >= 11 is 11.7. The highest BCUT2D eigenvalue weighted by atomic mass is 35.5. The van der Waals surface area contributed by atoms with E-state index in [0.29, 0.717) is 10.8 Å². The molecule has 106 valence electrons. The van der Waals surface area contributed by atoms with E-state index in [9.17, 15) is 4.57 Å². The Balaban J connectivity index is 2.16.